The number of benzene rings is 1. The highest BCUT2D eigenvalue weighted by molar-refractivity contribution is 7.89. The fourth-order valence-electron chi connectivity index (χ4n) is 2.19. The van der Waals surface area contributed by atoms with Gasteiger partial charge in [-0.15, -0.1) is 12.4 Å². The van der Waals surface area contributed by atoms with Gasteiger partial charge in [-0.3, -0.25) is 0 Å². The summed E-state index contributed by atoms with van der Waals surface area (Å²) in [5.41, 5.74) is 1.00. The summed E-state index contributed by atoms with van der Waals surface area (Å²) >= 11 is 0. The lowest BCUT2D eigenvalue weighted by Crippen LogP contribution is -2.45. The van der Waals surface area contributed by atoms with Crippen LogP contribution < -0.4 is 10.0 Å². The van der Waals surface area contributed by atoms with E-state index in [1.54, 1.807) is 19.1 Å². The van der Waals surface area contributed by atoms with Crippen molar-refractivity contribution >= 4 is 22.4 Å². The molecule has 1 aromatic rings. The van der Waals surface area contributed by atoms with Gasteiger partial charge in [0.1, 0.15) is 0 Å². The Kier molecular flexibility index (Phi) is 5.96. The first-order valence-electron chi connectivity index (χ1n) is 6.27. The number of nitrogens with one attached hydrogen (secondary N) is 2. The molecule has 0 spiro atoms. The van der Waals surface area contributed by atoms with E-state index in [-0.39, 0.29) is 23.3 Å². The molecule has 0 saturated carbocycles. The number of rotatable bonds is 3. The topological polar surface area (TPSA) is 82.0 Å². The fourth-order valence-corrected chi connectivity index (χ4v) is 3.74. The Morgan fingerprint density at radius 3 is 2.80 bits per heavy atom. The SMILES string of the molecule is Cc1ccc(C#N)cc1S(=O)(=O)NC1CCCNC1.Cl. The average molecular weight is 316 g/mol. The van der Waals surface area contributed by atoms with E-state index in [1.165, 1.54) is 6.07 Å². The van der Waals surface area contributed by atoms with Crippen molar-refractivity contribution in [1.29, 1.82) is 5.26 Å². The molecule has 1 aliphatic rings. The molecule has 0 aliphatic carbocycles. The lowest BCUT2D eigenvalue weighted by Gasteiger charge is -2.24. The van der Waals surface area contributed by atoms with Gasteiger partial charge in [-0.25, -0.2) is 13.1 Å². The first-order chi connectivity index (χ1) is 9.03. The summed E-state index contributed by atoms with van der Waals surface area (Å²) in [6, 6.07) is 6.59. The molecule has 0 radical (unpaired) electrons. The van der Waals surface area contributed by atoms with Crippen LogP contribution in [0.2, 0.25) is 0 Å². The summed E-state index contributed by atoms with van der Waals surface area (Å²) < 4.78 is 27.4. The lowest BCUT2D eigenvalue weighted by atomic mass is 10.1. The van der Waals surface area contributed by atoms with Crippen molar-refractivity contribution < 1.29 is 8.42 Å². The first-order valence-corrected chi connectivity index (χ1v) is 7.75. The van der Waals surface area contributed by atoms with E-state index < -0.39 is 10.0 Å². The monoisotopic (exact) mass is 315 g/mol. The van der Waals surface area contributed by atoms with Gasteiger partial charge in [0, 0.05) is 12.6 Å². The van der Waals surface area contributed by atoms with Gasteiger partial charge < -0.3 is 5.32 Å². The number of hydrogen-bond donors (Lipinski definition) is 2. The van der Waals surface area contributed by atoms with Crippen LogP contribution in [0.3, 0.4) is 0 Å². The van der Waals surface area contributed by atoms with Crippen molar-refractivity contribution in [2.75, 3.05) is 13.1 Å². The Hall–Kier alpha value is -1.13. The van der Waals surface area contributed by atoms with E-state index in [2.05, 4.69) is 10.0 Å². The second kappa shape index (κ2) is 7.04. The molecule has 1 unspecified atom stereocenters. The van der Waals surface area contributed by atoms with Crippen LogP contribution in [0, 0.1) is 18.3 Å². The quantitative estimate of drug-likeness (QED) is 0.881. The fraction of sp³-hybridized carbons (Fsp3) is 0.462. The summed E-state index contributed by atoms with van der Waals surface area (Å²) in [4.78, 5) is 0.192. The number of piperidine rings is 1. The Morgan fingerprint density at radius 2 is 2.20 bits per heavy atom. The molecule has 2 N–H and O–H groups in total. The van der Waals surface area contributed by atoms with Gasteiger partial charge in [-0.05, 0) is 44.0 Å². The van der Waals surface area contributed by atoms with Gasteiger partial charge in [0.2, 0.25) is 10.0 Å². The minimum atomic E-state index is -3.56. The zero-order valence-electron chi connectivity index (χ0n) is 11.2. The van der Waals surface area contributed by atoms with E-state index >= 15 is 0 Å². The first kappa shape index (κ1) is 16.9. The van der Waals surface area contributed by atoms with E-state index in [4.69, 9.17) is 5.26 Å². The van der Waals surface area contributed by atoms with Gasteiger partial charge in [0.05, 0.1) is 16.5 Å². The molecule has 0 bridgehead atoms. The molecule has 5 nitrogen and oxygen atoms in total. The summed E-state index contributed by atoms with van der Waals surface area (Å²) in [7, 11) is -3.56. The van der Waals surface area contributed by atoms with Crippen molar-refractivity contribution in [2.45, 2.75) is 30.7 Å². The summed E-state index contributed by atoms with van der Waals surface area (Å²) in [5.74, 6) is 0. The summed E-state index contributed by atoms with van der Waals surface area (Å²) in [6.45, 7) is 3.31. The van der Waals surface area contributed by atoms with Gasteiger partial charge in [0.15, 0.2) is 0 Å². The third-order valence-corrected chi connectivity index (χ3v) is 4.89. The number of hydrogen-bond acceptors (Lipinski definition) is 4. The molecule has 1 fully saturated rings. The highest BCUT2D eigenvalue weighted by Crippen LogP contribution is 2.18. The molecule has 1 aliphatic heterocycles. The molecular weight excluding hydrogens is 298 g/mol. The maximum Gasteiger partial charge on any atom is 0.241 e. The molecule has 2 rings (SSSR count). The standard InChI is InChI=1S/C13H17N3O2S.ClH/c1-10-4-5-11(8-14)7-13(10)19(17,18)16-12-3-2-6-15-9-12;/h4-5,7,12,15-16H,2-3,6,9H2,1H3;1H. The van der Waals surface area contributed by atoms with Crippen LogP contribution in [0.5, 0.6) is 0 Å². The molecule has 1 atom stereocenters. The molecular formula is C13H18ClN3O2S. The van der Waals surface area contributed by atoms with Crippen LogP contribution in [0.1, 0.15) is 24.0 Å². The predicted molar refractivity (Wildman–Crippen MR) is 79.4 cm³/mol. The van der Waals surface area contributed by atoms with Crippen molar-refractivity contribution in [2.24, 2.45) is 0 Å². The van der Waals surface area contributed by atoms with E-state index in [0.29, 0.717) is 17.7 Å². The van der Waals surface area contributed by atoms with Gasteiger partial charge in [-0.2, -0.15) is 5.26 Å². The highest BCUT2D eigenvalue weighted by atomic mass is 35.5. The minimum absolute atomic E-state index is 0. The van der Waals surface area contributed by atoms with Crippen LogP contribution in [-0.4, -0.2) is 27.5 Å². The molecule has 110 valence electrons. The Labute approximate surface area is 125 Å². The Morgan fingerprint density at radius 1 is 1.45 bits per heavy atom. The lowest BCUT2D eigenvalue weighted by molar-refractivity contribution is 0.428. The molecule has 1 saturated heterocycles. The van der Waals surface area contributed by atoms with Crippen molar-refractivity contribution in [3.63, 3.8) is 0 Å². The van der Waals surface area contributed by atoms with Gasteiger partial charge in [-0.1, -0.05) is 6.07 Å². The van der Waals surface area contributed by atoms with Crippen molar-refractivity contribution in [3.05, 3.63) is 29.3 Å². The molecule has 7 heteroatoms. The summed E-state index contributed by atoms with van der Waals surface area (Å²) in [5, 5.41) is 12.0. The molecule has 1 heterocycles. The number of aryl methyl sites for hydroxylation is 1. The van der Waals surface area contributed by atoms with E-state index in [1.807, 2.05) is 6.07 Å². The minimum Gasteiger partial charge on any atom is -0.315 e. The van der Waals surface area contributed by atoms with Gasteiger partial charge in [0.25, 0.3) is 0 Å². The molecule has 1 aromatic carbocycles. The molecule has 0 aromatic heterocycles. The van der Waals surface area contributed by atoms with Gasteiger partial charge >= 0.3 is 0 Å². The normalized spacial score (nSPS) is 18.9. The van der Waals surface area contributed by atoms with E-state index in [0.717, 1.165) is 19.4 Å². The number of nitriles is 1. The van der Waals surface area contributed by atoms with Crippen molar-refractivity contribution in [3.8, 4) is 6.07 Å². The maximum absolute atomic E-state index is 12.3. The van der Waals surface area contributed by atoms with Crippen LogP contribution in [0.15, 0.2) is 23.1 Å². The number of nitrogens with zero attached hydrogens (tertiary/aromatic N) is 1. The van der Waals surface area contributed by atoms with Crippen LogP contribution in [-0.2, 0) is 10.0 Å². The van der Waals surface area contributed by atoms with Crippen LogP contribution in [0.25, 0.3) is 0 Å². The van der Waals surface area contributed by atoms with Crippen LogP contribution >= 0.6 is 12.4 Å². The zero-order valence-corrected chi connectivity index (χ0v) is 12.9. The zero-order chi connectivity index (χ0) is 13.9. The predicted octanol–water partition coefficient (Wildman–Crippen LogP) is 1.32. The number of sulfonamides is 1. The summed E-state index contributed by atoms with van der Waals surface area (Å²) in [6.07, 6.45) is 1.80. The Bertz CT molecular complexity index is 605. The second-order valence-electron chi connectivity index (χ2n) is 4.76. The highest BCUT2D eigenvalue weighted by Gasteiger charge is 2.23. The maximum atomic E-state index is 12.3. The van der Waals surface area contributed by atoms with E-state index in [9.17, 15) is 8.42 Å². The molecule has 20 heavy (non-hydrogen) atoms. The van der Waals surface area contributed by atoms with Crippen LogP contribution in [0.4, 0.5) is 0 Å². The average Bonchev–Trinajstić information content (AvgIpc) is 2.39. The second-order valence-corrected chi connectivity index (χ2v) is 6.44. The Balaban J connectivity index is 0.00000200. The number of halogens is 1. The third-order valence-electron chi connectivity index (χ3n) is 3.23. The largest absolute Gasteiger partial charge is 0.315 e. The molecule has 0 amide bonds. The third kappa shape index (κ3) is 3.93. The smallest absolute Gasteiger partial charge is 0.241 e. The van der Waals surface area contributed by atoms with Crippen molar-refractivity contribution in [1.82, 2.24) is 10.0 Å².